The number of anilines is 1. The van der Waals surface area contributed by atoms with Crippen molar-refractivity contribution in [3.8, 4) is 11.6 Å². The maximum absolute atomic E-state index is 13.4. The zero-order valence-corrected chi connectivity index (χ0v) is 8.64. The lowest BCUT2D eigenvalue weighted by Crippen LogP contribution is -1.94. The van der Waals surface area contributed by atoms with Gasteiger partial charge >= 0.3 is 0 Å². The van der Waals surface area contributed by atoms with Crippen LogP contribution in [0.4, 0.5) is 10.1 Å². The number of aromatic nitrogens is 2. The van der Waals surface area contributed by atoms with E-state index in [2.05, 4.69) is 9.97 Å². The van der Waals surface area contributed by atoms with E-state index in [9.17, 15) is 4.39 Å². The average molecular weight is 219 g/mol. The molecule has 82 valence electrons. The molecule has 0 unspecified atom stereocenters. The number of aryl methyl sites for hydroxylation is 1. The van der Waals surface area contributed by atoms with Crippen LogP contribution in [0, 0.1) is 12.7 Å². The van der Waals surface area contributed by atoms with Gasteiger partial charge in [-0.1, -0.05) is 0 Å². The third-order valence-electron chi connectivity index (χ3n) is 1.92. The molecule has 0 saturated carbocycles. The topological polar surface area (TPSA) is 61.0 Å². The van der Waals surface area contributed by atoms with Crippen LogP contribution in [-0.2, 0) is 0 Å². The summed E-state index contributed by atoms with van der Waals surface area (Å²) in [5, 5.41) is 0. The fraction of sp³-hybridized carbons (Fsp3) is 0.0909. The first-order valence-electron chi connectivity index (χ1n) is 4.67. The minimum atomic E-state index is -0.517. The molecule has 0 spiro atoms. The predicted octanol–water partition coefficient (Wildman–Crippen LogP) is 2.30. The minimum Gasteiger partial charge on any atom is -0.436 e. The van der Waals surface area contributed by atoms with Gasteiger partial charge in [0.05, 0.1) is 0 Å². The Morgan fingerprint density at radius 3 is 2.81 bits per heavy atom. The van der Waals surface area contributed by atoms with E-state index in [1.54, 1.807) is 25.3 Å². The number of halogens is 1. The molecule has 0 aliphatic rings. The lowest BCUT2D eigenvalue weighted by Gasteiger charge is -2.06. The maximum Gasteiger partial charge on any atom is 0.222 e. The van der Waals surface area contributed by atoms with Crippen LogP contribution in [0.15, 0.2) is 30.5 Å². The van der Waals surface area contributed by atoms with Crippen molar-refractivity contribution in [3.05, 3.63) is 42.1 Å². The summed E-state index contributed by atoms with van der Waals surface area (Å²) < 4.78 is 18.7. The van der Waals surface area contributed by atoms with Crippen molar-refractivity contribution in [2.24, 2.45) is 0 Å². The normalized spacial score (nSPS) is 10.1. The van der Waals surface area contributed by atoms with Gasteiger partial charge in [0.2, 0.25) is 5.88 Å². The van der Waals surface area contributed by atoms with Gasteiger partial charge < -0.3 is 10.5 Å². The van der Waals surface area contributed by atoms with E-state index in [0.717, 1.165) is 0 Å². The Bertz CT molecular complexity index is 516. The molecule has 0 aliphatic carbocycles. The van der Waals surface area contributed by atoms with Crippen molar-refractivity contribution in [3.63, 3.8) is 0 Å². The van der Waals surface area contributed by atoms with Crippen LogP contribution in [0.5, 0.6) is 11.6 Å². The molecule has 2 N–H and O–H groups in total. The summed E-state index contributed by atoms with van der Waals surface area (Å²) in [7, 11) is 0. The van der Waals surface area contributed by atoms with Gasteiger partial charge in [0.1, 0.15) is 5.82 Å². The van der Waals surface area contributed by atoms with E-state index in [1.807, 2.05) is 0 Å². The van der Waals surface area contributed by atoms with Gasteiger partial charge in [-0.15, -0.1) is 0 Å². The van der Waals surface area contributed by atoms with Crippen molar-refractivity contribution < 1.29 is 9.13 Å². The average Bonchev–Trinajstić information content (AvgIpc) is 2.22. The van der Waals surface area contributed by atoms with E-state index < -0.39 is 5.82 Å². The molecule has 4 nitrogen and oxygen atoms in total. The molecule has 1 heterocycles. The first-order valence-corrected chi connectivity index (χ1v) is 4.67. The Labute approximate surface area is 91.9 Å². The molecule has 0 saturated heterocycles. The Balaban J connectivity index is 2.27. The largest absolute Gasteiger partial charge is 0.436 e. The molecular weight excluding hydrogens is 209 g/mol. The van der Waals surface area contributed by atoms with Crippen molar-refractivity contribution in [1.82, 2.24) is 9.97 Å². The predicted molar refractivity (Wildman–Crippen MR) is 57.7 cm³/mol. The molecule has 0 atom stereocenters. The fourth-order valence-corrected chi connectivity index (χ4v) is 1.20. The Morgan fingerprint density at radius 1 is 1.31 bits per heavy atom. The van der Waals surface area contributed by atoms with Crippen LogP contribution in [-0.4, -0.2) is 9.97 Å². The molecule has 0 aliphatic heterocycles. The molecule has 1 aromatic carbocycles. The summed E-state index contributed by atoms with van der Waals surface area (Å²) in [6, 6.07) is 5.78. The highest BCUT2D eigenvalue weighted by Gasteiger charge is 2.05. The van der Waals surface area contributed by atoms with Gasteiger partial charge in [0.15, 0.2) is 11.6 Å². The summed E-state index contributed by atoms with van der Waals surface area (Å²) in [6.07, 6.45) is 1.55. The summed E-state index contributed by atoms with van der Waals surface area (Å²) >= 11 is 0. The minimum absolute atomic E-state index is 0.0901. The summed E-state index contributed by atoms with van der Waals surface area (Å²) in [5.41, 5.74) is 5.77. The van der Waals surface area contributed by atoms with E-state index in [4.69, 9.17) is 10.5 Å². The zero-order valence-electron chi connectivity index (χ0n) is 8.64. The molecular formula is C11H10FN3O. The van der Waals surface area contributed by atoms with Crippen molar-refractivity contribution >= 4 is 5.69 Å². The highest BCUT2D eigenvalue weighted by molar-refractivity contribution is 5.43. The van der Waals surface area contributed by atoms with Gasteiger partial charge in [0.25, 0.3) is 0 Å². The van der Waals surface area contributed by atoms with Crippen LogP contribution >= 0.6 is 0 Å². The molecule has 0 amide bonds. The van der Waals surface area contributed by atoms with Gasteiger partial charge in [-0.05, 0) is 19.1 Å². The second-order valence-corrected chi connectivity index (χ2v) is 3.23. The van der Waals surface area contributed by atoms with Gasteiger partial charge in [-0.25, -0.2) is 9.37 Å². The van der Waals surface area contributed by atoms with Crippen molar-refractivity contribution in [2.75, 3.05) is 5.73 Å². The second-order valence-electron chi connectivity index (χ2n) is 3.23. The molecule has 16 heavy (non-hydrogen) atoms. The van der Waals surface area contributed by atoms with Gasteiger partial charge in [-0.2, -0.15) is 4.98 Å². The zero-order chi connectivity index (χ0) is 11.5. The highest BCUT2D eigenvalue weighted by Crippen LogP contribution is 2.24. The fourth-order valence-electron chi connectivity index (χ4n) is 1.20. The summed E-state index contributed by atoms with van der Waals surface area (Å²) in [5.74, 6) is 0.438. The van der Waals surface area contributed by atoms with Crippen molar-refractivity contribution in [2.45, 2.75) is 6.92 Å². The Kier molecular flexibility index (Phi) is 2.68. The lowest BCUT2D eigenvalue weighted by molar-refractivity contribution is 0.425. The first kappa shape index (κ1) is 10.4. The number of nitrogen functional groups attached to an aromatic ring is 1. The molecule has 0 radical (unpaired) electrons. The lowest BCUT2D eigenvalue weighted by atomic mass is 10.3. The number of hydrogen-bond donors (Lipinski definition) is 1. The first-order chi connectivity index (χ1) is 7.65. The Morgan fingerprint density at radius 2 is 2.12 bits per heavy atom. The van der Waals surface area contributed by atoms with Crippen LogP contribution in [0.2, 0.25) is 0 Å². The molecule has 2 rings (SSSR count). The number of rotatable bonds is 2. The molecule has 1 aromatic heterocycles. The third kappa shape index (κ3) is 2.25. The summed E-state index contributed by atoms with van der Waals surface area (Å²) in [6.45, 7) is 1.73. The quantitative estimate of drug-likeness (QED) is 0.787. The second kappa shape index (κ2) is 4.14. The van der Waals surface area contributed by atoms with Crippen molar-refractivity contribution in [1.29, 1.82) is 0 Å². The summed E-state index contributed by atoms with van der Waals surface area (Å²) in [4.78, 5) is 7.91. The molecule has 0 bridgehead atoms. The van der Waals surface area contributed by atoms with Crippen LogP contribution in [0.1, 0.15) is 5.82 Å². The number of nitrogens with zero attached hydrogens (tertiary/aromatic N) is 2. The molecule has 5 heteroatoms. The van der Waals surface area contributed by atoms with E-state index in [-0.39, 0.29) is 5.75 Å². The Hall–Kier alpha value is -2.17. The van der Waals surface area contributed by atoms with E-state index in [1.165, 1.54) is 12.1 Å². The number of ether oxygens (including phenoxy) is 1. The van der Waals surface area contributed by atoms with Crippen LogP contribution in [0.25, 0.3) is 0 Å². The van der Waals surface area contributed by atoms with E-state index >= 15 is 0 Å². The van der Waals surface area contributed by atoms with Crippen LogP contribution in [0.3, 0.4) is 0 Å². The van der Waals surface area contributed by atoms with Crippen LogP contribution < -0.4 is 10.5 Å². The molecule has 2 aromatic rings. The highest BCUT2D eigenvalue weighted by atomic mass is 19.1. The smallest absolute Gasteiger partial charge is 0.222 e. The SMILES string of the molecule is Cc1nccc(Oc2ccc(N)cc2F)n1. The third-order valence-corrected chi connectivity index (χ3v) is 1.92. The van der Waals surface area contributed by atoms with E-state index in [0.29, 0.717) is 17.4 Å². The number of benzene rings is 1. The molecule has 0 fully saturated rings. The van der Waals surface area contributed by atoms with Gasteiger partial charge in [-0.3, -0.25) is 0 Å². The number of hydrogen-bond acceptors (Lipinski definition) is 4. The monoisotopic (exact) mass is 219 g/mol. The van der Waals surface area contributed by atoms with Gasteiger partial charge in [0, 0.05) is 24.0 Å². The number of nitrogens with two attached hydrogens (primary N) is 1. The standard InChI is InChI=1S/C11H10FN3O/c1-7-14-5-4-11(15-7)16-10-3-2-8(13)6-9(10)12/h2-6H,13H2,1H3. The maximum atomic E-state index is 13.4.